The molecule has 0 radical (unpaired) electrons. The van der Waals surface area contributed by atoms with Crippen LogP contribution in [0.4, 0.5) is 5.69 Å². The molecule has 1 heterocycles. The minimum Gasteiger partial charge on any atom is -0.364 e. The van der Waals surface area contributed by atoms with E-state index in [-0.39, 0.29) is 11.6 Å². The number of hydrogen-bond donors (Lipinski definition) is 0. The Morgan fingerprint density at radius 2 is 2.10 bits per heavy atom. The highest BCUT2D eigenvalue weighted by Crippen LogP contribution is 2.29. The normalized spacial score (nSPS) is 22.1. The molecule has 1 aliphatic rings. The second kappa shape index (κ2) is 5.53. The van der Waals surface area contributed by atoms with Gasteiger partial charge in [-0.2, -0.15) is 10.5 Å². The Labute approximate surface area is 120 Å². The number of rotatable bonds is 2. The van der Waals surface area contributed by atoms with E-state index in [1.807, 2.05) is 24.3 Å². The summed E-state index contributed by atoms with van der Waals surface area (Å²) in [5.74, 6) is 0. The maximum Gasteiger partial charge on any atom is 0.0992 e. The molecule has 1 aromatic rings. The summed E-state index contributed by atoms with van der Waals surface area (Å²) in [6.07, 6.45) is 0.497. The van der Waals surface area contributed by atoms with Crippen molar-refractivity contribution in [3.05, 3.63) is 29.8 Å². The van der Waals surface area contributed by atoms with Crippen LogP contribution < -0.4 is 4.90 Å². The smallest absolute Gasteiger partial charge is 0.0992 e. The third-order valence-corrected chi connectivity index (χ3v) is 4.15. The van der Waals surface area contributed by atoms with Gasteiger partial charge in [0.05, 0.1) is 30.2 Å². The van der Waals surface area contributed by atoms with E-state index >= 15 is 0 Å². The molecule has 0 bridgehead atoms. The molecule has 1 aliphatic heterocycles. The molecule has 1 atom stereocenters. The first kappa shape index (κ1) is 14.4. The van der Waals surface area contributed by atoms with Crippen LogP contribution in [0.1, 0.15) is 25.8 Å². The molecule has 4 nitrogen and oxygen atoms in total. The highest BCUT2D eigenvalue weighted by atomic mass is 15.3. The molecule has 1 fully saturated rings. The van der Waals surface area contributed by atoms with Gasteiger partial charge in [-0.25, -0.2) is 0 Å². The molecule has 0 N–H and O–H groups in total. The van der Waals surface area contributed by atoms with Crippen molar-refractivity contribution < 1.29 is 0 Å². The van der Waals surface area contributed by atoms with E-state index in [0.717, 1.165) is 18.8 Å². The molecular formula is C16H20N4. The van der Waals surface area contributed by atoms with Crippen molar-refractivity contribution in [3.8, 4) is 12.1 Å². The molecular weight excluding hydrogens is 248 g/mol. The lowest BCUT2D eigenvalue weighted by Crippen LogP contribution is -2.62. The third kappa shape index (κ3) is 2.76. The van der Waals surface area contributed by atoms with Crippen molar-refractivity contribution in [1.82, 2.24) is 4.90 Å². The maximum atomic E-state index is 9.05. The van der Waals surface area contributed by atoms with Gasteiger partial charge in [0.2, 0.25) is 0 Å². The lowest BCUT2D eigenvalue weighted by molar-refractivity contribution is 0.115. The topological polar surface area (TPSA) is 54.1 Å². The van der Waals surface area contributed by atoms with Crippen molar-refractivity contribution in [1.29, 1.82) is 10.5 Å². The SMILES string of the molecule is CN1CC(CC#N)N(c2cccc(C#N)c2)CC1(C)C. The highest BCUT2D eigenvalue weighted by molar-refractivity contribution is 5.53. The van der Waals surface area contributed by atoms with Crippen molar-refractivity contribution in [2.75, 3.05) is 25.0 Å². The molecule has 0 amide bonds. The molecule has 0 spiro atoms. The summed E-state index contributed by atoms with van der Waals surface area (Å²) in [7, 11) is 2.10. The van der Waals surface area contributed by atoms with Crippen LogP contribution in [0.2, 0.25) is 0 Å². The van der Waals surface area contributed by atoms with E-state index in [4.69, 9.17) is 10.5 Å². The van der Waals surface area contributed by atoms with E-state index in [0.29, 0.717) is 12.0 Å². The van der Waals surface area contributed by atoms with Crippen LogP contribution in [0.25, 0.3) is 0 Å². The summed E-state index contributed by atoms with van der Waals surface area (Å²) in [5.41, 5.74) is 1.75. The van der Waals surface area contributed by atoms with Crippen LogP contribution in [0.15, 0.2) is 24.3 Å². The fraction of sp³-hybridized carbons (Fsp3) is 0.500. The second-order valence-corrected chi connectivity index (χ2v) is 6.00. The number of anilines is 1. The molecule has 20 heavy (non-hydrogen) atoms. The van der Waals surface area contributed by atoms with Crippen LogP contribution >= 0.6 is 0 Å². The van der Waals surface area contributed by atoms with Gasteiger partial charge >= 0.3 is 0 Å². The first-order valence-electron chi connectivity index (χ1n) is 6.83. The van der Waals surface area contributed by atoms with Crippen molar-refractivity contribution in [2.45, 2.75) is 31.8 Å². The van der Waals surface area contributed by atoms with Gasteiger partial charge in [0.15, 0.2) is 0 Å². The van der Waals surface area contributed by atoms with Gasteiger partial charge in [0, 0.05) is 24.3 Å². The van der Waals surface area contributed by atoms with Crippen LogP contribution in [-0.2, 0) is 0 Å². The van der Waals surface area contributed by atoms with Crippen molar-refractivity contribution >= 4 is 5.69 Å². The molecule has 0 aromatic heterocycles. The summed E-state index contributed by atoms with van der Waals surface area (Å²) in [5, 5.41) is 18.1. The minimum atomic E-state index is 0.0502. The largest absolute Gasteiger partial charge is 0.364 e. The van der Waals surface area contributed by atoms with Crippen LogP contribution in [0.3, 0.4) is 0 Å². The number of nitriles is 2. The highest BCUT2D eigenvalue weighted by Gasteiger charge is 2.36. The zero-order chi connectivity index (χ0) is 14.8. The van der Waals surface area contributed by atoms with E-state index in [1.54, 1.807) is 0 Å². The van der Waals surface area contributed by atoms with Gasteiger partial charge < -0.3 is 4.90 Å². The summed E-state index contributed by atoms with van der Waals surface area (Å²) in [4.78, 5) is 4.57. The molecule has 4 heteroatoms. The first-order chi connectivity index (χ1) is 9.47. The zero-order valence-corrected chi connectivity index (χ0v) is 12.3. The lowest BCUT2D eigenvalue weighted by Gasteiger charge is -2.50. The number of likely N-dealkylation sites (N-methyl/N-ethyl adjacent to an activating group) is 1. The Kier molecular flexibility index (Phi) is 3.97. The van der Waals surface area contributed by atoms with Gasteiger partial charge in [-0.05, 0) is 39.1 Å². The molecule has 0 saturated carbocycles. The van der Waals surface area contributed by atoms with E-state index in [2.05, 4.69) is 42.8 Å². The van der Waals surface area contributed by atoms with Crippen LogP contribution in [0.5, 0.6) is 0 Å². The molecule has 1 aromatic carbocycles. The zero-order valence-electron chi connectivity index (χ0n) is 12.3. The van der Waals surface area contributed by atoms with E-state index in [1.165, 1.54) is 0 Å². The summed E-state index contributed by atoms with van der Waals surface area (Å²) >= 11 is 0. The van der Waals surface area contributed by atoms with Crippen molar-refractivity contribution in [2.24, 2.45) is 0 Å². The Bertz CT molecular complexity index is 565. The molecule has 2 rings (SSSR count). The fourth-order valence-electron chi connectivity index (χ4n) is 2.66. The van der Waals surface area contributed by atoms with Gasteiger partial charge in [0.25, 0.3) is 0 Å². The molecule has 0 aliphatic carbocycles. The monoisotopic (exact) mass is 268 g/mol. The molecule has 1 unspecified atom stereocenters. The summed E-state index contributed by atoms with van der Waals surface area (Å²) in [6, 6.07) is 12.3. The molecule has 104 valence electrons. The Morgan fingerprint density at radius 1 is 1.35 bits per heavy atom. The van der Waals surface area contributed by atoms with Crippen molar-refractivity contribution in [3.63, 3.8) is 0 Å². The Balaban J connectivity index is 2.34. The summed E-state index contributed by atoms with van der Waals surface area (Å²) in [6.45, 7) is 6.12. The second-order valence-electron chi connectivity index (χ2n) is 6.00. The standard InChI is InChI=1S/C16H20N4/c1-16(2)12-20(15(7-8-17)11-19(16)3)14-6-4-5-13(9-14)10-18/h4-6,9,15H,7,11-12H2,1-3H3. The van der Waals surface area contributed by atoms with E-state index < -0.39 is 0 Å². The van der Waals surface area contributed by atoms with E-state index in [9.17, 15) is 0 Å². The Hall–Kier alpha value is -2.04. The first-order valence-corrected chi connectivity index (χ1v) is 6.83. The molecule has 1 saturated heterocycles. The maximum absolute atomic E-state index is 9.05. The average Bonchev–Trinajstić information content (AvgIpc) is 2.43. The van der Waals surface area contributed by atoms with Gasteiger partial charge in [-0.3, -0.25) is 4.90 Å². The third-order valence-electron chi connectivity index (χ3n) is 4.15. The predicted molar refractivity (Wildman–Crippen MR) is 79.2 cm³/mol. The van der Waals surface area contributed by atoms with Gasteiger partial charge in [-0.1, -0.05) is 6.07 Å². The van der Waals surface area contributed by atoms with Crippen LogP contribution in [-0.4, -0.2) is 36.6 Å². The quantitative estimate of drug-likeness (QED) is 0.826. The summed E-state index contributed by atoms with van der Waals surface area (Å²) < 4.78 is 0. The minimum absolute atomic E-state index is 0.0502. The number of hydrogen-bond acceptors (Lipinski definition) is 4. The average molecular weight is 268 g/mol. The number of piperazine rings is 1. The van der Waals surface area contributed by atoms with Gasteiger partial charge in [-0.15, -0.1) is 0 Å². The number of nitrogens with zero attached hydrogens (tertiary/aromatic N) is 4. The number of benzene rings is 1. The van der Waals surface area contributed by atoms with Gasteiger partial charge in [0.1, 0.15) is 0 Å². The fourth-order valence-corrected chi connectivity index (χ4v) is 2.66. The predicted octanol–water partition coefficient (Wildman–Crippen LogP) is 2.37. The Morgan fingerprint density at radius 3 is 2.75 bits per heavy atom. The van der Waals surface area contributed by atoms with Crippen LogP contribution in [0, 0.1) is 22.7 Å². The lowest BCUT2D eigenvalue weighted by atomic mass is 9.94.